The number of pyridine rings is 1. The van der Waals surface area contributed by atoms with Gasteiger partial charge in [-0.3, -0.25) is 14.6 Å². The van der Waals surface area contributed by atoms with Crippen LogP contribution >= 0.6 is 0 Å². The molecule has 2 N–H and O–H groups in total. The van der Waals surface area contributed by atoms with Crippen molar-refractivity contribution in [2.45, 2.75) is 6.42 Å². The van der Waals surface area contributed by atoms with E-state index in [0.717, 1.165) is 11.4 Å². The van der Waals surface area contributed by atoms with Crippen molar-refractivity contribution < 1.29 is 14.3 Å². The molecule has 0 unspecified atom stereocenters. The molecule has 1 aliphatic rings. The van der Waals surface area contributed by atoms with Gasteiger partial charge in [0.15, 0.2) is 5.78 Å². The third-order valence-electron chi connectivity index (χ3n) is 5.12. The van der Waals surface area contributed by atoms with E-state index in [4.69, 9.17) is 10.5 Å². The summed E-state index contributed by atoms with van der Waals surface area (Å²) in [5, 5.41) is 4.28. The van der Waals surface area contributed by atoms with Crippen LogP contribution in [0.25, 0.3) is 5.69 Å². The highest BCUT2D eigenvalue weighted by Crippen LogP contribution is 2.26. The smallest absolute Gasteiger partial charge is 0.272 e. The van der Waals surface area contributed by atoms with Crippen LogP contribution in [-0.2, 0) is 0 Å². The van der Waals surface area contributed by atoms with Crippen LogP contribution in [0.5, 0.6) is 5.75 Å². The molecular weight excluding hydrogens is 370 g/mol. The number of ketones is 1. The summed E-state index contributed by atoms with van der Waals surface area (Å²) in [5.41, 5.74) is 7.71. The number of aromatic nitrogens is 3. The molecule has 1 amide bonds. The van der Waals surface area contributed by atoms with Gasteiger partial charge in [-0.1, -0.05) is 6.07 Å². The number of hydrogen-bond donors (Lipinski definition) is 1. The number of carbonyl (C=O) groups excluding carboxylic acids is 2. The van der Waals surface area contributed by atoms with E-state index in [-0.39, 0.29) is 23.4 Å². The fourth-order valence-electron chi connectivity index (χ4n) is 3.51. The Bertz CT molecular complexity index is 1030. The first-order valence-electron chi connectivity index (χ1n) is 9.31. The molecule has 0 bridgehead atoms. The number of amides is 1. The predicted molar refractivity (Wildman–Crippen MR) is 107 cm³/mol. The first-order valence-corrected chi connectivity index (χ1v) is 9.31. The van der Waals surface area contributed by atoms with Crippen LogP contribution in [0, 0.1) is 5.92 Å². The van der Waals surface area contributed by atoms with E-state index >= 15 is 0 Å². The number of likely N-dealkylation sites (tertiary alicyclic amines) is 1. The number of ether oxygens (including phenoxy) is 1. The van der Waals surface area contributed by atoms with Crippen LogP contribution in [0.1, 0.15) is 27.3 Å². The Morgan fingerprint density at radius 3 is 2.66 bits per heavy atom. The van der Waals surface area contributed by atoms with Crippen LogP contribution in [-0.4, -0.2) is 51.6 Å². The van der Waals surface area contributed by atoms with Gasteiger partial charge in [0.2, 0.25) is 0 Å². The number of carbonyl (C=O) groups is 2. The van der Waals surface area contributed by atoms with Gasteiger partial charge in [0.1, 0.15) is 17.3 Å². The molecule has 8 nitrogen and oxygen atoms in total. The maximum Gasteiger partial charge on any atom is 0.272 e. The third-order valence-corrected chi connectivity index (χ3v) is 5.12. The molecule has 1 aromatic carbocycles. The highest BCUT2D eigenvalue weighted by atomic mass is 16.5. The van der Waals surface area contributed by atoms with Crippen LogP contribution in [0.15, 0.2) is 54.9 Å². The monoisotopic (exact) mass is 391 g/mol. The molecule has 1 saturated heterocycles. The normalized spacial score (nSPS) is 16.0. The zero-order chi connectivity index (χ0) is 20.4. The highest BCUT2D eigenvalue weighted by molar-refractivity contribution is 6.02. The summed E-state index contributed by atoms with van der Waals surface area (Å²) in [4.78, 5) is 31.3. The Morgan fingerprint density at radius 2 is 1.97 bits per heavy atom. The van der Waals surface area contributed by atoms with E-state index in [0.29, 0.717) is 30.8 Å². The molecule has 4 rings (SSSR count). The summed E-state index contributed by atoms with van der Waals surface area (Å²) in [5.74, 6) is 0.439. The lowest BCUT2D eigenvalue weighted by Gasteiger charge is -2.15. The Kier molecular flexibility index (Phi) is 4.99. The Morgan fingerprint density at radius 1 is 1.17 bits per heavy atom. The Labute approximate surface area is 167 Å². The van der Waals surface area contributed by atoms with E-state index in [2.05, 4.69) is 10.1 Å². The van der Waals surface area contributed by atoms with Gasteiger partial charge < -0.3 is 15.4 Å². The summed E-state index contributed by atoms with van der Waals surface area (Å²) in [7, 11) is 1.59. The van der Waals surface area contributed by atoms with E-state index in [9.17, 15) is 9.59 Å². The summed E-state index contributed by atoms with van der Waals surface area (Å²) in [6.07, 6.45) is 3.66. The molecule has 8 heteroatoms. The minimum Gasteiger partial charge on any atom is -0.497 e. The molecule has 0 spiro atoms. The van der Waals surface area contributed by atoms with E-state index in [1.807, 2.05) is 12.1 Å². The molecule has 148 valence electrons. The topological polar surface area (TPSA) is 103 Å². The number of hydrogen-bond acceptors (Lipinski definition) is 6. The fraction of sp³-hybridized carbons (Fsp3) is 0.238. The molecule has 1 fully saturated rings. The second kappa shape index (κ2) is 7.75. The van der Waals surface area contributed by atoms with Crippen molar-refractivity contribution in [3.63, 3.8) is 0 Å². The van der Waals surface area contributed by atoms with Gasteiger partial charge in [-0.25, -0.2) is 4.68 Å². The number of rotatable bonds is 5. The Balaban J connectivity index is 1.49. The molecule has 0 aliphatic carbocycles. The van der Waals surface area contributed by atoms with Crippen molar-refractivity contribution in [2.24, 2.45) is 5.92 Å². The van der Waals surface area contributed by atoms with Gasteiger partial charge in [0.25, 0.3) is 5.91 Å². The summed E-state index contributed by atoms with van der Waals surface area (Å²) in [6, 6.07) is 12.4. The van der Waals surface area contributed by atoms with Gasteiger partial charge in [0, 0.05) is 25.2 Å². The lowest BCUT2D eigenvalue weighted by molar-refractivity contribution is 0.0775. The summed E-state index contributed by atoms with van der Waals surface area (Å²) in [6.45, 7) is 0.861. The maximum atomic E-state index is 13.0. The first-order chi connectivity index (χ1) is 14.1. The summed E-state index contributed by atoms with van der Waals surface area (Å²) >= 11 is 0. The second-order valence-corrected chi connectivity index (χ2v) is 6.87. The van der Waals surface area contributed by atoms with E-state index in [1.165, 1.54) is 10.9 Å². The van der Waals surface area contributed by atoms with Crippen molar-refractivity contribution in [2.75, 3.05) is 25.9 Å². The largest absolute Gasteiger partial charge is 0.497 e. The molecule has 2 aromatic heterocycles. The van der Waals surface area contributed by atoms with Gasteiger partial charge in [-0.05, 0) is 42.8 Å². The molecule has 3 heterocycles. The van der Waals surface area contributed by atoms with Gasteiger partial charge >= 0.3 is 0 Å². The van der Waals surface area contributed by atoms with Gasteiger partial charge in [-0.15, -0.1) is 0 Å². The number of anilines is 1. The SMILES string of the molecule is COc1ccc(-n2ncc(C(=O)[C@H]3CCN(C(=O)c4ccccn4)C3)c2N)cc1. The Hall–Kier alpha value is -3.68. The van der Waals surface area contributed by atoms with Crippen molar-refractivity contribution in [1.29, 1.82) is 0 Å². The minimum atomic E-state index is -0.307. The number of nitrogen functional groups attached to an aromatic ring is 1. The molecular formula is C21H21N5O3. The van der Waals surface area contributed by atoms with E-state index in [1.54, 1.807) is 48.5 Å². The number of nitrogens with two attached hydrogens (primary N) is 1. The van der Waals surface area contributed by atoms with E-state index < -0.39 is 0 Å². The average Bonchev–Trinajstić information content (AvgIpc) is 3.41. The summed E-state index contributed by atoms with van der Waals surface area (Å²) < 4.78 is 6.68. The van der Waals surface area contributed by atoms with Crippen molar-refractivity contribution in [3.8, 4) is 11.4 Å². The van der Waals surface area contributed by atoms with Gasteiger partial charge in [-0.2, -0.15) is 5.10 Å². The zero-order valence-corrected chi connectivity index (χ0v) is 16.0. The van der Waals surface area contributed by atoms with Crippen LogP contribution in [0.4, 0.5) is 5.82 Å². The van der Waals surface area contributed by atoms with Crippen LogP contribution < -0.4 is 10.5 Å². The number of nitrogens with zero attached hydrogens (tertiary/aromatic N) is 4. The van der Waals surface area contributed by atoms with Crippen LogP contribution in [0.2, 0.25) is 0 Å². The maximum absolute atomic E-state index is 13.0. The molecule has 29 heavy (non-hydrogen) atoms. The van der Waals surface area contributed by atoms with Gasteiger partial charge in [0.05, 0.1) is 24.6 Å². The number of methoxy groups -OCH3 is 1. The molecule has 0 radical (unpaired) electrons. The second-order valence-electron chi connectivity index (χ2n) is 6.87. The third kappa shape index (κ3) is 3.56. The first kappa shape index (κ1) is 18.7. The minimum absolute atomic E-state index is 0.0985. The predicted octanol–water partition coefficient (Wildman–Crippen LogP) is 2.20. The zero-order valence-electron chi connectivity index (χ0n) is 16.0. The average molecular weight is 391 g/mol. The molecule has 3 aromatic rings. The molecule has 0 saturated carbocycles. The van der Waals surface area contributed by atoms with Crippen molar-refractivity contribution >= 4 is 17.5 Å². The molecule has 1 aliphatic heterocycles. The standard InChI is InChI=1S/C21H21N5O3/c1-29-16-7-5-15(6-8-16)26-20(22)17(12-24-26)19(27)14-9-11-25(13-14)21(28)18-4-2-3-10-23-18/h2-8,10,12,14H,9,11,13,22H2,1H3/t14-/m0/s1. The molecule has 1 atom stereocenters. The van der Waals surface area contributed by atoms with Crippen molar-refractivity contribution in [1.82, 2.24) is 19.7 Å². The number of Topliss-reactive ketones (excluding diaryl/α,β-unsaturated/α-hetero) is 1. The lowest BCUT2D eigenvalue weighted by atomic mass is 9.98. The highest BCUT2D eigenvalue weighted by Gasteiger charge is 2.34. The quantitative estimate of drug-likeness (QED) is 0.669. The van der Waals surface area contributed by atoms with Crippen molar-refractivity contribution in [3.05, 3.63) is 66.1 Å². The number of benzene rings is 1. The van der Waals surface area contributed by atoms with Crippen LogP contribution in [0.3, 0.4) is 0 Å². The fourth-order valence-corrected chi connectivity index (χ4v) is 3.51. The lowest BCUT2D eigenvalue weighted by Crippen LogP contribution is -2.30.